The fourth-order valence-corrected chi connectivity index (χ4v) is 14.1. The summed E-state index contributed by atoms with van der Waals surface area (Å²) >= 11 is 0. The van der Waals surface area contributed by atoms with Gasteiger partial charge in [-0.1, -0.05) is 202 Å². The van der Waals surface area contributed by atoms with Gasteiger partial charge in [0, 0.05) is 51.2 Å². The van der Waals surface area contributed by atoms with Crippen LogP contribution in [0.4, 0.5) is 34.4 Å². The molecule has 16 rings (SSSR count). The molecule has 11 aromatic carbocycles. The van der Waals surface area contributed by atoms with Crippen LogP contribution in [0.25, 0.3) is 76.5 Å². The standard InChI is InChI=1S/C72H48N4/c1-71(2)67-57-34-16-14-30-53(57)52-29-13-15-33-56(52)65(67)66-63(76(48-25-7-4-8-26-48)70-51-28-12-10-22-46(51)40-42-74-70)44-62-64(68(66)71)58-38-37-49(43-61(58)72(62)59-35-19-17-31-54(59)55-32-18-20-36-60(55)72)75(47-23-5-3-6-24-47)69-50-27-11-9-21-45(50)39-41-73-69/h3-44H,1-2H3. The molecule has 13 aromatic rings. The van der Waals surface area contributed by atoms with Crippen molar-refractivity contribution >= 4 is 77.5 Å². The number of anilines is 6. The largest absolute Gasteiger partial charge is 0.295 e. The summed E-state index contributed by atoms with van der Waals surface area (Å²) in [5.74, 6) is 1.78. The number of fused-ring (bicyclic) bond motifs is 21. The van der Waals surface area contributed by atoms with Crippen molar-refractivity contribution in [1.82, 2.24) is 9.97 Å². The molecule has 0 unspecified atom stereocenters. The van der Waals surface area contributed by atoms with E-state index in [1.165, 1.54) is 88.3 Å². The zero-order chi connectivity index (χ0) is 50.3. The van der Waals surface area contributed by atoms with Crippen LogP contribution in [0.2, 0.25) is 0 Å². The first-order valence-corrected chi connectivity index (χ1v) is 26.4. The van der Waals surface area contributed by atoms with Gasteiger partial charge < -0.3 is 0 Å². The summed E-state index contributed by atoms with van der Waals surface area (Å²) in [5, 5.41) is 9.53. The van der Waals surface area contributed by atoms with Gasteiger partial charge in [0.25, 0.3) is 0 Å². The fraction of sp³-hybridized carbons (Fsp3) is 0.0556. The molecule has 76 heavy (non-hydrogen) atoms. The van der Waals surface area contributed by atoms with E-state index in [1.807, 2.05) is 12.4 Å². The Morgan fingerprint density at radius 3 is 1.42 bits per heavy atom. The highest BCUT2D eigenvalue weighted by Gasteiger charge is 2.56. The molecule has 0 atom stereocenters. The van der Waals surface area contributed by atoms with Crippen LogP contribution in [0.15, 0.2) is 255 Å². The molecule has 1 spiro atoms. The van der Waals surface area contributed by atoms with E-state index >= 15 is 0 Å². The van der Waals surface area contributed by atoms with E-state index in [2.05, 4.69) is 266 Å². The second-order valence-corrected chi connectivity index (χ2v) is 21.2. The molecule has 0 bridgehead atoms. The molecule has 0 N–H and O–H groups in total. The Morgan fingerprint density at radius 1 is 0.316 bits per heavy atom. The quantitative estimate of drug-likeness (QED) is 0.155. The Labute approximate surface area is 441 Å². The van der Waals surface area contributed by atoms with Crippen molar-refractivity contribution in [1.29, 1.82) is 0 Å². The average Bonchev–Trinajstić information content (AvgIpc) is 4.06. The second kappa shape index (κ2) is 15.9. The van der Waals surface area contributed by atoms with Crippen molar-refractivity contribution in [2.24, 2.45) is 0 Å². The topological polar surface area (TPSA) is 32.3 Å². The number of hydrogen-bond acceptors (Lipinski definition) is 4. The molecule has 356 valence electrons. The van der Waals surface area contributed by atoms with Crippen molar-refractivity contribution < 1.29 is 0 Å². The average molecular weight is 969 g/mol. The lowest BCUT2D eigenvalue weighted by molar-refractivity contribution is 0.667. The molecule has 0 radical (unpaired) electrons. The van der Waals surface area contributed by atoms with E-state index in [0.717, 1.165) is 55.9 Å². The van der Waals surface area contributed by atoms with Crippen LogP contribution in [-0.4, -0.2) is 9.97 Å². The Balaban J connectivity index is 1.10. The lowest BCUT2D eigenvalue weighted by Gasteiger charge is -2.35. The molecule has 2 heterocycles. The predicted molar refractivity (Wildman–Crippen MR) is 315 cm³/mol. The number of benzene rings is 11. The normalized spacial score (nSPS) is 13.9. The van der Waals surface area contributed by atoms with Gasteiger partial charge in [-0.25, -0.2) is 9.97 Å². The molecule has 0 saturated carbocycles. The summed E-state index contributed by atoms with van der Waals surface area (Å²) in [5.41, 5.74) is 18.4. The lowest BCUT2D eigenvalue weighted by Crippen LogP contribution is -2.27. The second-order valence-electron chi connectivity index (χ2n) is 21.2. The van der Waals surface area contributed by atoms with E-state index in [9.17, 15) is 0 Å². The van der Waals surface area contributed by atoms with Gasteiger partial charge in [-0.3, -0.25) is 9.80 Å². The van der Waals surface area contributed by atoms with Crippen molar-refractivity contribution in [3.8, 4) is 33.4 Å². The number of rotatable bonds is 6. The fourth-order valence-electron chi connectivity index (χ4n) is 14.1. The molecule has 0 fully saturated rings. The third-order valence-corrected chi connectivity index (χ3v) is 17.0. The maximum absolute atomic E-state index is 5.41. The van der Waals surface area contributed by atoms with Crippen LogP contribution in [0.5, 0.6) is 0 Å². The summed E-state index contributed by atoms with van der Waals surface area (Å²) in [4.78, 5) is 15.5. The molecule has 0 amide bonds. The van der Waals surface area contributed by atoms with Gasteiger partial charge in [0.2, 0.25) is 0 Å². The molecular formula is C72H48N4. The van der Waals surface area contributed by atoms with Crippen LogP contribution >= 0.6 is 0 Å². The maximum Gasteiger partial charge on any atom is 0.145 e. The van der Waals surface area contributed by atoms with E-state index in [4.69, 9.17) is 9.97 Å². The molecule has 4 heteroatoms. The number of nitrogens with zero attached hydrogens (tertiary/aromatic N) is 4. The van der Waals surface area contributed by atoms with E-state index < -0.39 is 10.8 Å². The van der Waals surface area contributed by atoms with Gasteiger partial charge >= 0.3 is 0 Å². The van der Waals surface area contributed by atoms with Crippen LogP contribution < -0.4 is 9.80 Å². The van der Waals surface area contributed by atoms with E-state index in [0.29, 0.717) is 0 Å². The molecule has 0 aliphatic heterocycles. The zero-order valence-electron chi connectivity index (χ0n) is 42.0. The first-order chi connectivity index (χ1) is 37.5. The minimum absolute atomic E-state index is 0.481. The van der Waals surface area contributed by atoms with Gasteiger partial charge in [-0.05, 0) is 148 Å². The number of pyridine rings is 2. The SMILES string of the molecule is CC1(C)c2c(c(N(c3ccccc3)c3nccc4ccccc34)cc3c2-c2ccc(N(c4ccccc4)c4nccc5ccccc45)cc2C32c3ccccc3-c3ccccc32)-c2c1c1ccccc1c1ccccc21. The van der Waals surface area contributed by atoms with Crippen molar-refractivity contribution in [3.63, 3.8) is 0 Å². The Kier molecular flexibility index (Phi) is 8.98. The molecule has 4 nitrogen and oxygen atoms in total. The summed E-state index contributed by atoms with van der Waals surface area (Å²) in [7, 11) is 0. The predicted octanol–water partition coefficient (Wildman–Crippen LogP) is 18.7. The van der Waals surface area contributed by atoms with Gasteiger partial charge in [-0.2, -0.15) is 0 Å². The first kappa shape index (κ1) is 42.8. The lowest BCUT2D eigenvalue weighted by atomic mass is 9.69. The Hall–Kier alpha value is -9.64. The van der Waals surface area contributed by atoms with Crippen LogP contribution in [0.3, 0.4) is 0 Å². The maximum atomic E-state index is 5.41. The summed E-state index contributed by atoms with van der Waals surface area (Å²) in [6, 6.07) is 89.7. The van der Waals surface area contributed by atoms with Gasteiger partial charge in [0.05, 0.1) is 11.1 Å². The van der Waals surface area contributed by atoms with Crippen molar-refractivity contribution in [2.45, 2.75) is 24.7 Å². The van der Waals surface area contributed by atoms with Crippen LogP contribution in [0.1, 0.15) is 47.2 Å². The zero-order valence-corrected chi connectivity index (χ0v) is 42.0. The minimum atomic E-state index is -0.726. The Bertz CT molecular complexity index is 4520. The third kappa shape index (κ3) is 5.68. The van der Waals surface area contributed by atoms with E-state index in [1.54, 1.807) is 0 Å². The highest BCUT2D eigenvalue weighted by molar-refractivity contribution is 6.21. The number of para-hydroxylation sites is 2. The Morgan fingerprint density at radius 2 is 0.803 bits per heavy atom. The smallest absolute Gasteiger partial charge is 0.145 e. The highest BCUT2D eigenvalue weighted by Crippen LogP contribution is 2.70. The molecule has 0 saturated heterocycles. The molecule has 2 aromatic heterocycles. The van der Waals surface area contributed by atoms with Crippen LogP contribution in [0, 0.1) is 0 Å². The summed E-state index contributed by atoms with van der Waals surface area (Å²) in [6.07, 6.45) is 3.93. The highest BCUT2D eigenvalue weighted by atomic mass is 15.2. The van der Waals surface area contributed by atoms with E-state index in [-0.39, 0.29) is 0 Å². The summed E-state index contributed by atoms with van der Waals surface area (Å²) in [6.45, 7) is 4.98. The third-order valence-electron chi connectivity index (χ3n) is 17.0. The van der Waals surface area contributed by atoms with Crippen LogP contribution in [-0.2, 0) is 10.8 Å². The summed E-state index contributed by atoms with van der Waals surface area (Å²) < 4.78 is 0. The van der Waals surface area contributed by atoms with Crippen molar-refractivity contribution in [3.05, 3.63) is 288 Å². The molecular weight excluding hydrogens is 921 g/mol. The molecule has 3 aliphatic carbocycles. The van der Waals surface area contributed by atoms with Gasteiger partial charge in [-0.15, -0.1) is 0 Å². The number of hydrogen-bond donors (Lipinski definition) is 0. The minimum Gasteiger partial charge on any atom is -0.295 e. The van der Waals surface area contributed by atoms with Gasteiger partial charge in [0.1, 0.15) is 11.6 Å². The van der Waals surface area contributed by atoms with Crippen molar-refractivity contribution in [2.75, 3.05) is 9.80 Å². The molecule has 3 aliphatic rings. The van der Waals surface area contributed by atoms with Gasteiger partial charge in [0.15, 0.2) is 0 Å². The number of aromatic nitrogens is 2. The first-order valence-electron chi connectivity index (χ1n) is 26.4. The monoisotopic (exact) mass is 968 g/mol.